The van der Waals surface area contributed by atoms with E-state index in [1.54, 1.807) is 31.2 Å². The van der Waals surface area contributed by atoms with Gasteiger partial charge in [0.2, 0.25) is 5.91 Å². The quantitative estimate of drug-likeness (QED) is 0.593. The first-order valence-corrected chi connectivity index (χ1v) is 9.68. The van der Waals surface area contributed by atoms with Gasteiger partial charge < -0.3 is 16.0 Å². The maximum absolute atomic E-state index is 12.2. The number of anilines is 1. The van der Waals surface area contributed by atoms with E-state index in [9.17, 15) is 19.2 Å². The number of nitrogens with one attached hydrogen (secondary N) is 3. The van der Waals surface area contributed by atoms with E-state index in [0.717, 1.165) is 0 Å². The van der Waals surface area contributed by atoms with Crippen LogP contribution < -0.4 is 21.5 Å². The van der Waals surface area contributed by atoms with Gasteiger partial charge >= 0.3 is 0 Å². The predicted octanol–water partition coefficient (Wildman–Crippen LogP) is 1.41. The van der Waals surface area contributed by atoms with Crippen molar-refractivity contribution < 1.29 is 14.4 Å². The van der Waals surface area contributed by atoms with E-state index in [4.69, 9.17) is 0 Å². The summed E-state index contributed by atoms with van der Waals surface area (Å²) in [5.74, 6) is -0.833. The number of carbonyl (C=O) groups excluding carboxylic acids is 3. The molecule has 2 rings (SSSR count). The standard InChI is InChI=1S/C21H27N5O4/c1-5-26-17(27)11-10-16(25-26)19(29)23-13-12-22-18(28)14-6-8-15(9-7-14)24-20(30)21(2,3)4/h6-11H,5,12-13H2,1-4H3,(H,22,28)(H,23,29)(H,24,30). The zero-order valence-electron chi connectivity index (χ0n) is 17.6. The third-order valence-corrected chi connectivity index (χ3v) is 4.18. The monoisotopic (exact) mass is 413 g/mol. The fourth-order valence-corrected chi connectivity index (χ4v) is 2.36. The third-order valence-electron chi connectivity index (χ3n) is 4.18. The number of aryl methyl sites for hydroxylation is 1. The summed E-state index contributed by atoms with van der Waals surface area (Å²) in [6.07, 6.45) is 0. The molecule has 9 nitrogen and oxygen atoms in total. The van der Waals surface area contributed by atoms with Gasteiger partial charge in [0.25, 0.3) is 17.4 Å². The van der Waals surface area contributed by atoms with E-state index in [2.05, 4.69) is 21.0 Å². The van der Waals surface area contributed by atoms with E-state index < -0.39 is 11.3 Å². The Morgan fingerprint density at radius 3 is 2.10 bits per heavy atom. The Bertz CT molecular complexity index is 974. The van der Waals surface area contributed by atoms with Gasteiger partial charge in [0.05, 0.1) is 0 Å². The van der Waals surface area contributed by atoms with E-state index >= 15 is 0 Å². The first-order valence-electron chi connectivity index (χ1n) is 9.68. The SMILES string of the molecule is CCn1nc(C(=O)NCCNC(=O)c2ccc(NC(=O)C(C)(C)C)cc2)ccc1=O. The summed E-state index contributed by atoms with van der Waals surface area (Å²) in [6.45, 7) is 8.02. The minimum absolute atomic E-state index is 0.112. The van der Waals surface area contributed by atoms with Crippen LogP contribution in [-0.4, -0.2) is 40.6 Å². The van der Waals surface area contributed by atoms with E-state index in [1.165, 1.54) is 16.8 Å². The van der Waals surface area contributed by atoms with Crippen molar-refractivity contribution in [1.29, 1.82) is 0 Å². The average molecular weight is 413 g/mol. The minimum Gasteiger partial charge on any atom is -0.350 e. The second kappa shape index (κ2) is 9.82. The van der Waals surface area contributed by atoms with Gasteiger partial charge in [0.1, 0.15) is 5.69 Å². The fraction of sp³-hybridized carbons (Fsp3) is 0.381. The fourth-order valence-electron chi connectivity index (χ4n) is 2.36. The zero-order valence-corrected chi connectivity index (χ0v) is 17.6. The molecule has 9 heteroatoms. The lowest BCUT2D eigenvalue weighted by Gasteiger charge is -2.17. The number of hydrogen-bond donors (Lipinski definition) is 3. The first-order chi connectivity index (χ1) is 14.1. The molecular formula is C21H27N5O4. The molecule has 3 amide bonds. The molecule has 3 N–H and O–H groups in total. The Balaban J connectivity index is 1.81. The van der Waals surface area contributed by atoms with Crippen LogP contribution in [0.2, 0.25) is 0 Å². The summed E-state index contributed by atoms with van der Waals surface area (Å²) in [5.41, 5.74) is 0.400. The number of amides is 3. The third kappa shape index (κ3) is 6.26. The van der Waals surface area contributed by atoms with E-state index in [0.29, 0.717) is 17.8 Å². The van der Waals surface area contributed by atoms with Crippen molar-refractivity contribution in [2.75, 3.05) is 18.4 Å². The van der Waals surface area contributed by atoms with Crippen molar-refractivity contribution in [3.63, 3.8) is 0 Å². The van der Waals surface area contributed by atoms with Crippen molar-refractivity contribution in [3.8, 4) is 0 Å². The van der Waals surface area contributed by atoms with Gasteiger partial charge in [-0.3, -0.25) is 19.2 Å². The van der Waals surface area contributed by atoms with Crippen LogP contribution in [0, 0.1) is 5.41 Å². The Hall–Kier alpha value is -3.49. The summed E-state index contributed by atoms with van der Waals surface area (Å²) in [4.78, 5) is 47.8. The zero-order chi connectivity index (χ0) is 22.3. The van der Waals surface area contributed by atoms with Gasteiger partial charge in [-0.1, -0.05) is 20.8 Å². The van der Waals surface area contributed by atoms with Crippen LogP contribution in [-0.2, 0) is 11.3 Å². The topological polar surface area (TPSA) is 122 Å². The molecule has 0 fully saturated rings. The van der Waals surface area contributed by atoms with E-state index in [-0.39, 0.29) is 36.2 Å². The highest BCUT2D eigenvalue weighted by Crippen LogP contribution is 2.17. The molecule has 0 aliphatic carbocycles. The van der Waals surface area contributed by atoms with Crippen LogP contribution in [0.15, 0.2) is 41.2 Å². The molecule has 2 aromatic rings. The van der Waals surface area contributed by atoms with Gasteiger partial charge in [0.15, 0.2) is 0 Å². The van der Waals surface area contributed by atoms with Gasteiger partial charge in [-0.25, -0.2) is 4.68 Å². The number of aromatic nitrogens is 2. The number of rotatable bonds is 7. The molecule has 160 valence electrons. The molecule has 0 aliphatic heterocycles. The maximum atomic E-state index is 12.2. The normalized spacial score (nSPS) is 10.9. The molecule has 0 unspecified atom stereocenters. The molecular weight excluding hydrogens is 386 g/mol. The molecule has 0 radical (unpaired) electrons. The van der Waals surface area contributed by atoms with Crippen molar-refractivity contribution in [1.82, 2.24) is 20.4 Å². The minimum atomic E-state index is -0.510. The van der Waals surface area contributed by atoms with Gasteiger partial charge in [0, 0.05) is 42.4 Å². The number of benzene rings is 1. The van der Waals surface area contributed by atoms with Crippen molar-refractivity contribution in [3.05, 3.63) is 58.0 Å². The largest absolute Gasteiger partial charge is 0.350 e. The number of carbonyl (C=O) groups is 3. The first kappa shape index (κ1) is 22.8. The van der Waals surface area contributed by atoms with Crippen molar-refractivity contribution in [2.45, 2.75) is 34.2 Å². The highest BCUT2D eigenvalue weighted by atomic mass is 16.2. The average Bonchev–Trinajstić information content (AvgIpc) is 2.71. The molecule has 0 spiro atoms. The number of hydrogen-bond acceptors (Lipinski definition) is 5. The van der Waals surface area contributed by atoms with Crippen molar-refractivity contribution >= 4 is 23.4 Å². The molecule has 1 aromatic carbocycles. The van der Waals surface area contributed by atoms with E-state index in [1.807, 2.05) is 20.8 Å². The predicted molar refractivity (Wildman–Crippen MR) is 113 cm³/mol. The van der Waals surface area contributed by atoms with Crippen LogP contribution in [0.4, 0.5) is 5.69 Å². The molecule has 0 aliphatic rings. The molecule has 0 atom stereocenters. The van der Waals surface area contributed by atoms with Gasteiger partial charge in [-0.05, 0) is 37.3 Å². The van der Waals surface area contributed by atoms with Crippen LogP contribution >= 0.6 is 0 Å². The Morgan fingerprint density at radius 1 is 0.933 bits per heavy atom. The summed E-state index contributed by atoms with van der Waals surface area (Å²) in [6, 6.07) is 9.21. The van der Waals surface area contributed by atoms with Crippen LogP contribution in [0.5, 0.6) is 0 Å². The second-order valence-corrected chi connectivity index (χ2v) is 7.67. The van der Waals surface area contributed by atoms with Crippen molar-refractivity contribution in [2.24, 2.45) is 5.41 Å². The lowest BCUT2D eigenvalue weighted by Crippen LogP contribution is -2.36. The molecule has 0 saturated heterocycles. The lowest BCUT2D eigenvalue weighted by atomic mass is 9.95. The summed E-state index contributed by atoms with van der Waals surface area (Å²) in [7, 11) is 0. The smallest absolute Gasteiger partial charge is 0.271 e. The van der Waals surface area contributed by atoms with Crippen LogP contribution in [0.1, 0.15) is 48.5 Å². The molecule has 0 saturated carbocycles. The molecule has 1 heterocycles. The summed E-state index contributed by atoms with van der Waals surface area (Å²) in [5, 5.41) is 12.1. The Kier molecular flexibility index (Phi) is 7.46. The molecule has 1 aromatic heterocycles. The Labute approximate surface area is 174 Å². The highest BCUT2D eigenvalue weighted by Gasteiger charge is 2.21. The van der Waals surface area contributed by atoms with Gasteiger partial charge in [-0.15, -0.1) is 0 Å². The summed E-state index contributed by atoms with van der Waals surface area (Å²) >= 11 is 0. The van der Waals surface area contributed by atoms with Crippen LogP contribution in [0.3, 0.4) is 0 Å². The number of nitrogens with zero attached hydrogens (tertiary/aromatic N) is 2. The molecule has 0 bridgehead atoms. The lowest BCUT2D eigenvalue weighted by molar-refractivity contribution is -0.123. The second-order valence-electron chi connectivity index (χ2n) is 7.67. The van der Waals surface area contributed by atoms with Crippen LogP contribution in [0.25, 0.3) is 0 Å². The van der Waals surface area contributed by atoms with Gasteiger partial charge in [-0.2, -0.15) is 5.10 Å². The maximum Gasteiger partial charge on any atom is 0.271 e. The Morgan fingerprint density at radius 2 is 1.53 bits per heavy atom. The highest BCUT2D eigenvalue weighted by molar-refractivity contribution is 5.97. The molecule has 30 heavy (non-hydrogen) atoms. The summed E-state index contributed by atoms with van der Waals surface area (Å²) < 4.78 is 1.20.